The molecule has 1 aromatic heterocycles. The number of ketones is 1. The minimum absolute atomic E-state index is 0.0190. The summed E-state index contributed by atoms with van der Waals surface area (Å²) in [6.45, 7) is 1.57. The Hall–Kier alpha value is -1.65. The standard InChI is InChI=1S/C9H9FO4/c1-2-14-9(12)7(10)8(11)6-3-4-13-5-6/h3-5,7H,2H2,1H3. The number of furan rings is 1. The van der Waals surface area contributed by atoms with E-state index in [9.17, 15) is 14.0 Å². The number of alkyl halides is 1. The van der Waals surface area contributed by atoms with Crippen LogP contribution in [0.4, 0.5) is 4.39 Å². The molecule has 0 aromatic carbocycles. The van der Waals surface area contributed by atoms with Gasteiger partial charge in [-0.2, -0.15) is 0 Å². The fraction of sp³-hybridized carbons (Fsp3) is 0.333. The lowest BCUT2D eigenvalue weighted by Crippen LogP contribution is -2.27. The fourth-order valence-electron chi connectivity index (χ4n) is 0.873. The summed E-state index contributed by atoms with van der Waals surface area (Å²) < 4.78 is 22.0. The molecular formula is C9H9FO4. The first-order chi connectivity index (χ1) is 6.66. The highest BCUT2D eigenvalue weighted by Crippen LogP contribution is 2.08. The number of hydrogen-bond donors (Lipinski definition) is 0. The molecule has 0 saturated carbocycles. The molecule has 0 spiro atoms. The van der Waals surface area contributed by atoms with Crippen molar-refractivity contribution < 1.29 is 23.1 Å². The van der Waals surface area contributed by atoms with Crippen molar-refractivity contribution in [3.8, 4) is 0 Å². The lowest BCUT2D eigenvalue weighted by molar-refractivity contribution is -0.147. The van der Waals surface area contributed by atoms with Crippen LogP contribution in [0.3, 0.4) is 0 Å². The van der Waals surface area contributed by atoms with Crippen molar-refractivity contribution in [2.45, 2.75) is 13.1 Å². The topological polar surface area (TPSA) is 56.5 Å². The van der Waals surface area contributed by atoms with Crippen LogP contribution >= 0.6 is 0 Å². The fourth-order valence-corrected chi connectivity index (χ4v) is 0.873. The minimum Gasteiger partial charge on any atom is -0.472 e. The molecule has 1 rings (SSSR count). The van der Waals surface area contributed by atoms with Gasteiger partial charge in [0.25, 0.3) is 6.17 Å². The van der Waals surface area contributed by atoms with E-state index in [2.05, 4.69) is 9.15 Å². The Labute approximate surface area is 79.7 Å². The van der Waals surface area contributed by atoms with E-state index in [4.69, 9.17) is 0 Å². The maximum atomic E-state index is 13.1. The molecule has 76 valence electrons. The smallest absolute Gasteiger partial charge is 0.349 e. The van der Waals surface area contributed by atoms with Crippen molar-refractivity contribution in [2.24, 2.45) is 0 Å². The summed E-state index contributed by atoms with van der Waals surface area (Å²) in [6, 6.07) is 1.29. The number of rotatable bonds is 4. The van der Waals surface area contributed by atoms with Gasteiger partial charge in [0.15, 0.2) is 0 Å². The predicted octanol–water partition coefficient (Wildman–Crippen LogP) is 1.36. The number of carbonyl (C=O) groups excluding carboxylic acids is 2. The van der Waals surface area contributed by atoms with Crippen LogP contribution in [0, 0.1) is 0 Å². The predicted molar refractivity (Wildman–Crippen MR) is 44.6 cm³/mol. The zero-order valence-corrected chi connectivity index (χ0v) is 7.53. The third-order valence-corrected chi connectivity index (χ3v) is 1.53. The first-order valence-electron chi connectivity index (χ1n) is 4.04. The van der Waals surface area contributed by atoms with Crippen LogP contribution in [-0.2, 0) is 9.53 Å². The third kappa shape index (κ3) is 2.18. The Kier molecular flexibility index (Phi) is 3.39. The Bertz CT molecular complexity index is 318. The van der Waals surface area contributed by atoms with Gasteiger partial charge in [-0.1, -0.05) is 0 Å². The van der Waals surface area contributed by atoms with E-state index in [1.165, 1.54) is 19.3 Å². The van der Waals surface area contributed by atoms with Crippen LogP contribution in [0.25, 0.3) is 0 Å². The second-order valence-corrected chi connectivity index (χ2v) is 2.49. The average molecular weight is 200 g/mol. The monoisotopic (exact) mass is 200 g/mol. The molecule has 0 saturated heterocycles. The van der Waals surface area contributed by atoms with Gasteiger partial charge < -0.3 is 9.15 Å². The van der Waals surface area contributed by atoms with Crippen molar-refractivity contribution in [2.75, 3.05) is 6.61 Å². The molecule has 4 nitrogen and oxygen atoms in total. The molecule has 0 aliphatic rings. The largest absolute Gasteiger partial charge is 0.472 e. The van der Waals surface area contributed by atoms with Gasteiger partial charge in [0, 0.05) is 0 Å². The first-order valence-corrected chi connectivity index (χ1v) is 4.04. The Morgan fingerprint density at radius 2 is 2.36 bits per heavy atom. The number of carbonyl (C=O) groups is 2. The Morgan fingerprint density at radius 1 is 1.64 bits per heavy atom. The molecule has 1 aromatic rings. The number of Topliss-reactive ketones (excluding diaryl/α,β-unsaturated/α-hetero) is 1. The highest BCUT2D eigenvalue weighted by molar-refractivity contribution is 6.10. The lowest BCUT2D eigenvalue weighted by atomic mass is 10.1. The van der Waals surface area contributed by atoms with Crippen LogP contribution in [0.2, 0.25) is 0 Å². The molecule has 1 unspecified atom stereocenters. The van der Waals surface area contributed by atoms with Gasteiger partial charge >= 0.3 is 5.97 Å². The zero-order chi connectivity index (χ0) is 10.6. The second kappa shape index (κ2) is 4.55. The summed E-state index contributed by atoms with van der Waals surface area (Å²) in [4.78, 5) is 22.0. The maximum Gasteiger partial charge on any atom is 0.349 e. The Balaban J connectivity index is 2.66. The van der Waals surface area contributed by atoms with E-state index in [0.717, 1.165) is 6.26 Å². The molecule has 14 heavy (non-hydrogen) atoms. The maximum absolute atomic E-state index is 13.1. The average Bonchev–Trinajstić information content (AvgIpc) is 2.68. The van der Waals surface area contributed by atoms with Gasteiger partial charge in [0.2, 0.25) is 5.78 Å². The Morgan fingerprint density at radius 3 is 2.86 bits per heavy atom. The van der Waals surface area contributed by atoms with Gasteiger partial charge in [-0.05, 0) is 13.0 Å². The van der Waals surface area contributed by atoms with E-state index in [1.54, 1.807) is 0 Å². The normalized spacial score (nSPS) is 12.1. The van der Waals surface area contributed by atoms with Crippen molar-refractivity contribution in [3.05, 3.63) is 24.2 Å². The van der Waals surface area contributed by atoms with Crippen LogP contribution < -0.4 is 0 Å². The van der Waals surface area contributed by atoms with Crippen molar-refractivity contribution in [1.82, 2.24) is 0 Å². The van der Waals surface area contributed by atoms with E-state index >= 15 is 0 Å². The number of halogens is 1. The highest BCUT2D eigenvalue weighted by atomic mass is 19.1. The second-order valence-electron chi connectivity index (χ2n) is 2.49. The van der Waals surface area contributed by atoms with Crippen LogP contribution in [-0.4, -0.2) is 24.5 Å². The van der Waals surface area contributed by atoms with E-state index in [-0.39, 0.29) is 12.2 Å². The number of hydrogen-bond acceptors (Lipinski definition) is 4. The summed E-state index contributed by atoms with van der Waals surface area (Å²) in [5.74, 6) is -2.11. The van der Waals surface area contributed by atoms with Crippen LogP contribution in [0.1, 0.15) is 17.3 Å². The third-order valence-electron chi connectivity index (χ3n) is 1.53. The van der Waals surface area contributed by atoms with Crippen LogP contribution in [0.5, 0.6) is 0 Å². The summed E-state index contributed by atoms with van der Waals surface area (Å²) >= 11 is 0. The molecule has 5 heteroatoms. The summed E-state index contributed by atoms with van der Waals surface area (Å²) in [7, 11) is 0. The SMILES string of the molecule is CCOC(=O)C(F)C(=O)c1ccoc1. The summed E-state index contributed by atoms with van der Waals surface area (Å²) in [6.07, 6.45) is 0.0340. The van der Waals surface area contributed by atoms with Gasteiger partial charge in [-0.15, -0.1) is 0 Å². The molecule has 1 atom stereocenters. The van der Waals surface area contributed by atoms with Crippen molar-refractivity contribution in [1.29, 1.82) is 0 Å². The molecule has 1 heterocycles. The summed E-state index contributed by atoms with van der Waals surface area (Å²) in [5.41, 5.74) is 0.0190. The zero-order valence-electron chi connectivity index (χ0n) is 7.53. The first kappa shape index (κ1) is 10.4. The molecule has 0 amide bonds. The molecule has 0 N–H and O–H groups in total. The lowest BCUT2D eigenvalue weighted by Gasteiger charge is -2.04. The van der Waals surface area contributed by atoms with Gasteiger partial charge in [0.05, 0.1) is 18.4 Å². The number of ether oxygens (including phenoxy) is 1. The minimum atomic E-state index is -2.27. The van der Waals surface area contributed by atoms with E-state index in [0.29, 0.717) is 0 Å². The van der Waals surface area contributed by atoms with Gasteiger partial charge in [-0.3, -0.25) is 4.79 Å². The quantitative estimate of drug-likeness (QED) is 0.418. The van der Waals surface area contributed by atoms with Crippen molar-refractivity contribution >= 4 is 11.8 Å². The van der Waals surface area contributed by atoms with Crippen molar-refractivity contribution in [3.63, 3.8) is 0 Å². The molecule has 0 aliphatic heterocycles. The summed E-state index contributed by atoms with van der Waals surface area (Å²) in [5, 5.41) is 0. The van der Waals surface area contributed by atoms with Crippen LogP contribution in [0.15, 0.2) is 23.0 Å². The van der Waals surface area contributed by atoms with E-state index in [1.807, 2.05) is 0 Å². The highest BCUT2D eigenvalue weighted by Gasteiger charge is 2.28. The number of esters is 1. The van der Waals surface area contributed by atoms with E-state index < -0.39 is 17.9 Å². The molecular weight excluding hydrogens is 191 g/mol. The molecule has 0 bridgehead atoms. The van der Waals surface area contributed by atoms with Gasteiger partial charge in [-0.25, -0.2) is 9.18 Å². The molecule has 0 fully saturated rings. The molecule has 0 radical (unpaired) electrons. The molecule has 0 aliphatic carbocycles. The van der Waals surface area contributed by atoms with Gasteiger partial charge in [0.1, 0.15) is 6.26 Å².